The molecule has 0 aromatic heterocycles. The number of aryl methyl sites for hydroxylation is 1. The van der Waals surface area contributed by atoms with E-state index in [1.165, 1.54) is 10.5 Å². The highest BCUT2D eigenvalue weighted by Gasteiger charge is 2.34. The number of nitrogens with zero attached hydrogens (tertiary/aromatic N) is 1. The van der Waals surface area contributed by atoms with E-state index in [9.17, 15) is 9.59 Å². The molecule has 0 saturated carbocycles. The van der Waals surface area contributed by atoms with Crippen LogP contribution in [-0.4, -0.2) is 22.6 Å². The van der Waals surface area contributed by atoms with Gasteiger partial charge in [-0.1, -0.05) is 71.7 Å². The third-order valence-electron chi connectivity index (χ3n) is 5.21. The SMILES string of the molecule is O=C1S/C(=C/c2cc(Cl)c(OCc3ccccc3Cl)c(Br)c2)C(=O)N1CCCc1ccccc1. The van der Waals surface area contributed by atoms with E-state index in [0.29, 0.717) is 43.7 Å². The second-order valence-electron chi connectivity index (χ2n) is 7.62. The zero-order valence-corrected chi connectivity index (χ0v) is 21.9. The van der Waals surface area contributed by atoms with Crippen molar-refractivity contribution >= 4 is 68.1 Å². The highest BCUT2D eigenvalue weighted by atomic mass is 79.9. The van der Waals surface area contributed by atoms with E-state index in [-0.39, 0.29) is 17.8 Å². The minimum atomic E-state index is -0.283. The van der Waals surface area contributed by atoms with Crippen LogP contribution in [-0.2, 0) is 17.8 Å². The van der Waals surface area contributed by atoms with Gasteiger partial charge in [-0.25, -0.2) is 0 Å². The molecule has 1 saturated heterocycles. The first-order valence-corrected chi connectivity index (χ1v) is 12.9. The quantitative estimate of drug-likeness (QED) is 0.255. The Kier molecular flexibility index (Phi) is 8.37. The van der Waals surface area contributed by atoms with Crippen molar-refractivity contribution in [1.82, 2.24) is 4.90 Å². The zero-order chi connectivity index (χ0) is 24.1. The molecule has 4 rings (SSSR count). The van der Waals surface area contributed by atoms with Crippen LogP contribution < -0.4 is 4.74 Å². The van der Waals surface area contributed by atoms with Gasteiger partial charge in [0.05, 0.1) is 14.4 Å². The summed E-state index contributed by atoms with van der Waals surface area (Å²) in [5.41, 5.74) is 2.72. The van der Waals surface area contributed by atoms with E-state index in [0.717, 1.165) is 23.7 Å². The Labute approximate surface area is 221 Å². The number of rotatable bonds is 8. The number of amides is 2. The molecule has 4 nitrogen and oxygen atoms in total. The van der Waals surface area contributed by atoms with Gasteiger partial charge in [0.15, 0.2) is 5.75 Å². The fourth-order valence-electron chi connectivity index (χ4n) is 3.50. The second-order valence-corrected chi connectivity index (χ2v) is 10.3. The minimum Gasteiger partial charge on any atom is -0.486 e. The summed E-state index contributed by atoms with van der Waals surface area (Å²) in [4.78, 5) is 26.9. The smallest absolute Gasteiger partial charge is 0.293 e. The minimum absolute atomic E-state index is 0.255. The normalized spacial score (nSPS) is 14.8. The molecule has 3 aromatic rings. The van der Waals surface area contributed by atoms with Crippen LogP contribution in [0.2, 0.25) is 10.0 Å². The number of hydrogen-bond acceptors (Lipinski definition) is 4. The maximum atomic E-state index is 12.8. The first kappa shape index (κ1) is 24.9. The number of ether oxygens (including phenoxy) is 1. The Hall–Kier alpha value is -2.25. The van der Waals surface area contributed by atoms with Crippen LogP contribution in [0.4, 0.5) is 4.79 Å². The first-order valence-electron chi connectivity index (χ1n) is 10.6. The molecule has 0 N–H and O–H groups in total. The molecule has 1 aliphatic heterocycles. The van der Waals surface area contributed by atoms with Gasteiger partial charge < -0.3 is 4.74 Å². The topological polar surface area (TPSA) is 46.6 Å². The average molecular weight is 577 g/mol. The van der Waals surface area contributed by atoms with E-state index in [4.69, 9.17) is 27.9 Å². The molecular formula is C26H20BrCl2NO3S. The van der Waals surface area contributed by atoms with E-state index in [1.54, 1.807) is 24.3 Å². The van der Waals surface area contributed by atoms with E-state index >= 15 is 0 Å². The molecule has 34 heavy (non-hydrogen) atoms. The largest absolute Gasteiger partial charge is 0.486 e. The van der Waals surface area contributed by atoms with Crippen molar-refractivity contribution in [2.45, 2.75) is 19.4 Å². The van der Waals surface area contributed by atoms with Crippen LogP contribution in [0.15, 0.2) is 76.1 Å². The molecule has 0 unspecified atom stereocenters. The predicted octanol–water partition coefficient (Wildman–Crippen LogP) is 8.00. The maximum Gasteiger partial charge on any atom is 0.293 e. The van der Waals surface area contributed by atoms with Crippen molar-refractivity contribution < 1.29 is 14.3 Å². The van der Waals surface area contributed by atoms with Gasteiger partial charge in [-0.2, -0.15) is 0 Å². The monoisotopic (exact) mass is 575 g/mol. The standard InChI is InChI=1S/C26H20BrCl2NO3S/c27-20-13-18(14-22(29)24(20)33-16-19-10-4-5-11-21(19)28)15-23-25(31)30(26(32)34-23)12-6-9-17-7-2-1-3-8-17/h1-5,7-8,10-11,13-15H,6,9,12,16H2/b23-15+. The lowest BCUT2D eigenvalue weighted by Crippen LogP contribution is -2.29. The number of benzene rings is 3. The van der Waals surface area contributed by atoms with Crippen LogP contribution in [0, 0.1) is 0 Å². The molecule has 1 fully saturated rings. The number of thioether (sulfide) groups is 1. The van der Waals surface area contributed by atoms with Crippen LogP contribution in [0.25, 0.3) is 6.08 Å². The lowest BCUT2D eigenvalue weighted by atomic mass is 10.1. The van der Waals surface area contributed by atoms with Gasteiger partial charge in [0.1, 0.15) is 6.61 Å². The third kappa shape index (κ3) is 6.05. The van der Waals surface area contributed by atoms with E-state index < -0.39 is 0 Å². The molecule has 1 heterocycles. The Morgan fingerprint density at radius 1 is 0.971 bits per heavy atom. The van der Waals surface area contributed by atoms with Crippen molar-refractivity contribution in [3.05, 3.63) is 103 Å². The molecule has 0 aliphatic carbocycles. The summed E-state index contributed by atoms with van der Waals surface area (Å²) < 4.78 is 6.52. The molecule has 0 radical (unpaired) electrons. The summed E-state index contributed by atoms with van der Waals surface area (Å²) in [6, 6.07) is 20.9. The van der Waals surface area contributed by atoms with Crippen molar-refractivity contribution in [3.63, 3.8) is 0 Å². The Balaban J connectivity index is 1.42. The van der Waals surface area contributed by atoms with Crippen LogP contribution in [0.3, 0.4) is 0 Å². The summed E-state index contributed by atoms with van der Waals surface area (Å²) in [5.74, 6) is 0.196. The van der Waals surface area contributed by atoms with Crippen molar-refractivity contribution in [1.29, 1.82) is 0 Å². The molecule has 8 heteroatoms. The second kappa shape index (κ2) is 11.5. The first-order chi connectivity index (χ1) is 16.4. The molecule has 0 spiro atoms. The van der Waals surface area contributed by atoms with Gasteiger partial charge in [0.2, 0.25) is 0 Å². The summed E-state index contributed by atoms with van der Waals surface area (Å²) in [6.45, 7) is 0.648. The number of carbonyl (C=O) groups excluding carboxylic acids is 2. The maximum absolute atomic E-state index is 12.8. The van der Waals surface area contributed by atoms with Gasteiger partial charge in [-0.05, 0) is 75.9 Å². The van der Waals surface area contributed by atoms with E-state index in [2.05, 4.69) is 15.9 Å². The van der Waals surface area contributed by atoms with Crippen molar-refractivity contribution in [3.8, 4) is 5.75 Å². The Morgan fingerprint density at radius 3 is 2.44 bits per heavy atom. The molecule has 0 atom stereocenters. The zero-order valence-electron chi connectivity index (χ0n) is 18.0. The van der Waals surface area contributed by atoms with Crippen molar-refractivity contribution in [2.75, 3.05) is 6.54 Å². The average Bonchev–Trinajstić information content (AvgIpc) is 3.07. The van der Waals surface area contributed by atoms with Gasteiger partial charge in [0.25, 0.3) is 11.1 Å². The lowest BCUT2D eigenvalue weighted by Gasteiger charge is -2.13. The molecule has 174 valence electrons. The number of hydrogen-bond donors (Lipinski definition) is 0. The fourth-order valence-corrected chi connectivity index (χ4v) is 5.54. The van der Waals surface area contributed by atoms with Crippen LogP contribution in [0.5, 0.6) is 5.75 Å². The van der Waals surface area contributed by atoms with Crippen LogP contribution in [0.1, 0.15) is 23.1 Å². The molecule has 1 aliphatic rings. The number of carbonyl (C=O) groups is 2. The van der Waals surface area contributed by atoms with Gasteiger partial charge in [-0.3, -0.25) is 14.5 Å². The molecule has 0 bridgehead atoms. The summed E-state index contributed by atoms with van der Waals surface area (Å²) in [6.07, 6.45) is 3.20. The van der Waals surface area contributed by atoms with Crippen molar-refractivity contribution in [2.24, 2.45) is 0 Å². The fraction of sp³-hybridized carbons (Fsp3) is 0.154. The number of halogens is 3. The predicted molar refractivity (Wildman–Crippen MR) is 142 cm³/mol. The van der Waals surface area contributed by atoms with Gasteiger partial charge >= 0.3 is 0 Å². The molecular weight excluding hydrogens is 557 g/mol. The summed E-state index contributed by atoms with van der Waals surface area (Å²) >= 11 is 17.1. The van der Waals surface area contributed by atoms with Gasteiger partial charge in [0, 0.05) is 17.1 Å². The lowest BCUT2D eigenvalue weighted by molar-refractivity contribution is -0.122. The van der Waals surface area contributed by atoms with Crippen LogP contribution >= 0.6 is 50.9 Å². The number of imide groups is 1. The highest BCUT2D eigenvalue weighted by molar-refractivity contribution is 9.10. The molecule has 3 aromatic carbocycles. The summed E-state index contributed by atoms with van der Waals surface area (Å²) in [5, 5.41) is 0.745. The van der Waals surface area contributed by atoms with E-state index in [1.807, 2.05) is 48.5 Å². The Morgan fingerprint density at radius 2 is 1.71 bits per heavy atom. The summed E-state index contributed by atoms with van der Waals surface area (Å²) in [7, 11) is 0. The third-order valence-corrected chi connectivity index (χ3v) is 7.36. The molecule has 2 amide bonds. The highest BCUT2D eigenvalue weighted by Crippen LogP contribution is 2.38. The Bertz CT molecular complexity index is 1230. The van der Waals surface area contributed by atoms with Gasteiger partial charge in [-0.15, -0.1) is 0 Å².